The molecule has 2 heterocycles. The fourth-order valence-corrected chi connectivity index (χ4v) is 2.95. The van der Waals surface area contributed by atoms with Crippen LogP contribution in [0.1, 0.15) is 18.4 Å². The van der Waals surface area contributed by atoms with Crippen LogP contribution in [0.15, 0.2) is 16.8 Å². The van der Waals surface area contributed by atoms with E-state index in [0.29, 0.717) is 5.92 Å². The van der Waals surface area contributed by atoms with Crippen molar-refractivity contribution in [1.82, 2.24) is 10.2 Å². The number of ether oxygens (including phenoxy) is 1. The maximum absolute atomic E-state index is 11.0. The van der Waals surface area contributed by atoms with E-state index in [-0.39, 0.29) is 6.09 Å². The van der Waals surface area contributed by atoms with Gasteiger partial charge < -0.3 is 10.1 Å². The molecule has 0 radical (unpaired) electrons. The Morgan fingerprint density at radius 2 is 2.33 bits per heavy atom. The summed E-state index contributed by atoms with van der Waals surface area (Å²) in [6, 6.07) is 2.19. The van der Waals surface area contributed by atoms with E-state index in [1.165, 1.54) is 12.7 Å². The normalized spacial score (nSPS) is 17.6. The molecule has 1 N–H and O–H groups in total. The third kappa shape index (κ3) is 3.99. The van der Waals surface area contributed by atoms with Crippen molar-refractivity contribution in [2.24, 2.45) is 5.92 Å². The second-order valence-corrected chi connectivity index (χ2v) is 5.50. The molecular formula is C13H20N2O2S. The van der Waals surface area contributed by atoms with Crippen molar-refractivity contribution in [3.63, 3.8) is 0 Å². The van der Waals surface area contributed by atoms with Crippen LogP contribution in [0.3, 0.4) is 0 Å². The number of likely N-dealkylation sites (tertiary alicyclic amines) is 1. The average Bonchev–Trinajstić information content (AvgIpc) is 2.90. The largest absolute Gasteiger partial charge is 0.453 e. The summed E-state index contributed by atoms with van der Waals surface area (Å²) < 4.78 is 4.57. The summed E-state index contributed by atoms with van der Waals surface area (Å²) in [7, 11) is 1.40. The van der Waals surface area contributed by atoms with Gasteiger partial charge in [0.2, 0.25) is 0 Å². The Morgan fingerprint density at radius 3 is 2.94 bits per heavy atom. The Kier molecular flexibility index (Phi) is 5.01. The van der Waals surface area contributed by atoms with Gasteiger partial charge in [-0.05, 0) is 54.2 Å². The van der Waals surface area contributed by atoms with Crippen molar-refractivity contribution in [3.05, 3.63) is 22.4 Å². The van der Waals surface area contributed by atoms with Gasteiger partial charge in [0.25, 0.3) is 0 Å². The first-order valence-corrected chi connectivity index (χ1v) is 7.27. The minimum absolute atomic E-state index is 0.323. The van der Waals surface area contributed by atoms with E-state index < -0.39 is 0 Å². The van der Waals surface area contributed by atoms with Gasteiger partial charge in [-0.3, -0.25) is 4.90 Å². The average molecular weight is 268 g/mol. The van der Waals surface area contributed by atoms with Gasteiger partial charge in [-0.25, -0.2) is 4.79 Å². The summed E-state index contributed by atoms with van der Waals surface area (Å²) in [5, 5.41) is 7.12. The molecule has 0 bridgehead atoms. The number of thiophene rings is 1. The number of piperidine rings is 1. The van der Waals surface area contributed by atoms with Crippen LogP contribution in [0.25, 0.3) is 0 Å². The van der Waals surface area contributed by atoms with Crippen LogP contribution in [-0.2, 0) is 11.3 Å². The first kappa shape index (κ1) is 13.4. The molecule has 2 rings (SSSR count). The zero-order valence-corrected chi connectivity index (χ0v) is 11.5. The Hall–Kier alpha value is -1.07. The van der Waals surface area contributed by atoms with Crippen molar-refractivity contribution in [3.8, 4) is 0 Å². The number of nitrogens with zero attached hydrogens (tertiary/aromatic N) is 1. The number of methoxy groups -OCH3 is 1. The predicted octanol–water partition coefficient (Wildman–Crippen LogP) is 2.32. The lowest BCUT2D eigenvalue weighted by Crippen LogP contribution is -2.38. The molecule has 1 saturated heterocycles. The van der Waals surface area contributed by atoms with Crippen LogP contribution in [0.4, 0.5) is 4.79 Å². The number of hydrogen-bond acceptors (Lipinski definition) is 4. The molecular weight excluding hydrogens is 248 g/mol. The maximum atomic E-state index is 11.0. The Morgan fingerprint density at radius 1 is 1.56 bits per heavy atom. The third-order valence-corrected chi connectivity index (χ3v) is 4.15. The maximum Gasteiger partial charge on any atom is 0.406 e. The molecule has 1 aliphatic heterocycles. The summed E-state index contributed by atoms with van der Waals surface area (Å²) in [5.41, 5.74) is 1.41. The van der Waals surface area contributed by atoms with Crippen molar-refractivity contribution >= 4 is 17.4 Å². The highest BCUT2D eigenvalue weighted by molar-refractivity contribution is 7.07. The molecule has 0 aromatic carbocycles. The minimum atomic E-state index is -0.323. The lowest BCUT2D eigenvalue weighted by atomic mass is 9.96. The number of carbonyl (C=O) groups is 1. The van der Waals surface area contributed by atoms with Crippen LogP contribution >= 0.6 is 11.3 Å². The van der Waals surface area contributed by atoms with Crippen molar-refractivity contribution < 1.29 is 9.53 Å². The minimum Gasteiger partial charge on any atom is -0.453 e. The second-order valence-electron chi connectivity index (χ2n) is 4.72. The van der Waals surface area contributed by atoms with E-state index in [1.807, 2.05) is 0 Å². The smallest absolute Gasteiger partial charge is 0.406 e. The van der Waals surface area contributed by atoms with E-state index in [4.69, 9.17) is 0 Å². The second kappa shape index (κ2) is 6.75. The number of nitrogens with one attached hydrogen (secondary N) is 1. The Balaban J connectivity index is 1.66. The van der Waals surface area contributed by atoms with Gasteiger partial charge >= 0.3 is 6.09 Å². The number of hydrogen-bond donors (Lipinski definition) is 1. The van der Waals surface area contributed by atoms with E-state index in [1.54, 1.807) is 11.3 Å². The molecule has 0 atom stereocenters. The van der Waals surface area contributed by atoms with Gasteiger partial charge in [-0.15, -0.1) is 0 Å². The SMILES string of the molecule is COC(=O)NCC1CCN(Cc2ccsc2)CC1. The first-order chi connectivity index (χ1) is 8.78. The quantitative estimate of drug-likeness (QED) is 0.911. The zero-order valence-electron chi connectivity index (χ0n) is 10.7. The Bertz CT molecular complexity index is 359. The molecule has 1 aromatic heterocycles. The standard InChI is InChI=1S/C13H20N2O2S/c1-17-13(16)14-8-11-2-5-15(6-3-11)9-12-4-7-18-10-12/h4,7,10-11H,2-3,5-6,8-9H2,1H3,(H,14,16). The van der Waals surface area contributed by atoms with Crippen LogP contribution in [0.5, 0.6) is 0 Å². The molecule has 0 spiro atoms. The van der Waals surface area contributed by atoms with Crippen LogP contribution in [0.2, 0.25) is 0 Å². The highest BCUT2D eigenvalue weighted by atomic mass is 32.1. The molecule has 18 heavy (non-hydrogen) atoms. The molecule has 4 nitrogen and oxygen atoms in total. The molecule has 0 unspecified atom stereocenters. The molecule has 1 aliphatic rings. The van der Waals surface area contributed by atoms with Crippen molar-refractivity contribution in [2.45, 2.75) is 19.4 Å². The number of amides is 1. The molecule has 0 aliphatic carbocycles. The van der Waals surface area contributed by atoms with Crippen molar-refractivity contribution in [1.29, 1.82) is 0 Å². The van der Waals surface area contributed by atoms with E-state index in [0.717, 1.165) is 39.0 Å². The summed E-state index contributed by atoms with van der Waals surface area (Å²) in [4.78, 5) is 13.5. The molecule has 0 saturated carbocycles. The topological polar surface area (TPSA) is 41.6 Å². The molecule has 1 fully saturated rings. The number of carbonyl (C=O) groups excluding carboxylic acids is 1. The van der Waals surface area contributed by atoms with Gasteiger partial charge in [-0.2, -0.15) is 11.3 Å². The fourth-order valence-electron chi connectivity index (χ4n) is 2.29. The molecule has 1 amide bonds. The van der Waals surface area contributed by atoms with Gasteiger partial charge in [0.05, 0.1) is 7.11 Å². The van der Waals surface area contributed by atoms with E-state index >= 15 is 0 Å². The predicted molar refractivity (Wildman–Crippen MR) is 72.7 cm³/mol. The zero-order chi connectivity index (χ0) is 12.8. The molecule has 5 heteroatoms. The molecule has 100 valence electrons. The third-order valence-electron chi connectivity index (χ3n) is 3.41. The lowest BCUT2D eigenvalue weighted by molar-refractivity contribution is 0.155. The fraction of sp³-hybridized carbons (Fsp3) is 0.615. The highest BCUT2D eigenvalue weighted by Crippen LogP contribution is 2.19. The van der Waals surface area contributed by atoms with Crippen molar-refractivity contribution in [2.75, 3.05) is 26.7 Å². The summed E-state index contributed by atoms with van der Waals surface area (Å²) in [6.45, 7) is 4.02. The molecule has 1 aromatic rings. The van der Waals surface area contributed by atoms with E-state index in [2.05, 4.69) is 31.8 Å². The highest BCUT2D eigenvalue weighted by Gasteiger charge is 2.19. The van der Waals surface area contributed by atoms with Gasteiger partial charge in [0, 0.05) is 13.1 Å². The first-order valence-electron chi connectivity index (χ1n) is 6.33. The summed E-state index contributed by atoms with van der Waals surface area (Å²) in [5.74, 6) is 0.586. The monoisotopic (exact) mass is 268 g/mol. The number of alkyl carbamates (subject to hydrolysis) is 1. The Labute approximate surface area is 112 Å². The van der Waals surface area contributed by atoms with Crippen LogP contribution in [0, 0.1) is 5.92 Å². The van der Waals surface area contributed by atoms with Gasteiger partial charge in [0.1, 0.15) is 0 Å². The number of rotatable bonds is 4. The summed E-state index contributed by atoms with van der Waals surface area (Å²) in [6.07, 6.45) is 1.97. The van der Waals surface area contributed by atoms with Crippen LogP contribution < -0.4 is 5.32 Å². The summed E-state index contributed by atoms with van der Waals surface area (Å²) >= 11 is 1.75. The van der Waals surface area contributed by atoms with Gasteiger partial charge in [-0.1, -0.05) is 0 Å². The lowest BCUT2D eigenvalue weighted by Gasteiger charge is -2.31. The van der Waals surface area contributed by atoms with E-state index in [9.17, 15) is 4.79 Å². The van der Waals surface area contributed by atoms with Gasteiger partial charge in [0.15, 0.2) is 0 Å². The van der Waals surface area contributed by atoms with Crippen LogP contribution in [-0.4, -0.2) is 37.7 Å².